The SMILES string of the molecule is CC(C)c1ccc([C@@H]2C(C#N)=C(SCC(=O)Nc3ccccc3)NC3=C2C(=O)CCC3)cc1. The van der Waals surface area contributed by atoms with E-state index in [9.17, 15) is 14.9 Å². The summed E-state index contributed by atoms with van der Waals surface area (Å²) < 4.78 is 0. The lowest BCUT2D eigenvalue weighted by Crippen LogP contribution is -2.31. The minimum absolute atomic E-state index is 0.0975. The molecule has 1 aliphatic carbocycles. The number of anilines is 1. The molecule has 4 rings (SSSR count). The van der Waals surface area contributed by atoms with Gasteiger partial charge in [-0.1, -0.05) is 68.1 Å². The molecule has 33 heavy (non-hydrogen) atoms. The van der Waals surface area contributed by atoms with Crippen molar-refractivity contribution in [2.45, 2.75) is 44.9 Å². The average Bonchev–Trinajstić information content (AvgIpc) is 2.82. The molecule has 0 saturated carbocycles. The van der Waals surface area contributed by atoms with Crippen LogP contribution in [0.4, 0.5) is 5.69 Å². The van der Waals surface area contributed by atoms with Crippen molar-refractivity contribution in [3.63, 3.8) is 0 Å². The van der Waals surface area contributed by atoms with Crippen LogP contribution in [0.1, 0.15) is 56.1 Å². The summed E-state index contributed by atoms with van der Waals surface area (Å²) in [5.41, 5.74) is 4.97. The molecule has 0 bridgehead atoms. The zero-order valence-corrected chi connectivity index (χ0v) is 19.7. The molecule has 2 aromatic rings. The quantitative estimate of drug-likeness (QED) is 0.589. The van der Waals surface area contributed by atoms with Gasteiger partial charge in [0.05, 0.1) is 28.3 Å². The number of thioether (sulfide) groups is 1. The normalized spacial score (nSPS) is 18.0. The summed E-state index contributed by atoms with van der Waals surface area (Å²) >= 11 is 1.31. The highest BCUT2D eigenvalue weighted by molar-refractivity contribution is 8.03. The predicted molar refractivity (Wildman–Crippen MR) is 132 cm³/mol. The molecule has 0 saturated heterocycles. The molecule has 1 amide bonds. The van der Waals surface area contributed by atoms with Crippen LogP contribution in [0.3, 0.4) is 0 Å². The van der Waals surface area contributed by atoms with Gasteiger partial charge in [-0.3, -0.25) is 9.59 Å². The smallest absolute Gasteiger partial charge is 0.234 e. The first kappa shape index (κ1) is 22.9. The van der Waals surface area contributed by atoms with E-state index in [1.165, 1.54) is 17.3 Å². The Morgan fingerprint density at radius 3 is 2.55 bits per heavy atom. The first-order chi connectivity index (χ1) is 16.0. The number of carbonyl (C=O) groups is 2. The molecule has 5 nitrogen and oxygen atoms in total. The topological polar surface area (TPSA) is 82.0 Å². The van der Waals surface area contributed by atoms with Crippen molar-refractivity contribution in [1.82, 2.24) is 5.32 Å². The van der Waals surface area contributed by atoms with E-state index in [1.807, 2.05) is 42.5 Å². The van der Waals surface area contributed by atoms with Crippen molar-refractivity contribution in [3.05, 3.63) is 87.6 Å². The van der Waals surface area contributed by atoms with Crippen LogP contribution in [-0.4, -0.2) is 17.4 Å². The number of hydrogen-bond acceptors (Lipinski definition) is 5. The fourth-order valence-corrected chi connectivity index (χ4v) is 5.16. The molecule has 0 radical (unpaired) electrons. The van der Waals surface area contributed by atoms with Gasteiger partial charge in [-0.05, 0) is 42.0 Å². The number of allylic oxidation sites excluding steroid dienone is 3. The number of nitrogens with zero attached hydrogens (tertiary/aromatic N) is 1. The number of benzene rings is 2. The maximum Gasteiger partial charge on any atom is 0.234 e. The third-order valence-electron chi connectivity index (χ3n) is 6.00. The van der Waals surface area contributed by atoms with Crippen LogP contribution in [0.25, 0.3) is 0 Å². The Morgan fingerprint density at radius 2 is 1.88 bits per heavy atom. The van der Waals surface area contributed by atoms with Crippen LogP contribution in [0.5, 0.6) is 0 Å². The molecular weight excluding hydrogens is 430 g/mol. The summed E-state index contributed by atoms with van der Waals surface area (Å²) in [4.78, 5) is 25.4. The van der Waals surface area contributed by atoms with Gasteiger partial charge in [0.15, 0.2) is 5.78 Å². The molecule has 6 heteroatoms. The zero-order chi connectivity index (χ0) is 23.4. The number of para-hydroxylation sites is 1. The molecule has 0 spiro atoms. The number of nitriles is 1. The zero-order valence-electron chi connectivity index (χ0n) is 18.9. The molecule has 168 valence electrons. The molecule has 1 heterocycles. The average molecular weight is 458 g/mol. The molecule has 0 fully saturated rings. The van der Waals surface area contributed by atoms with Gasteiger partial charge < -0.3 is 10.6 Å². The lowest BCUT2D eigenvalue weighted by Gasteiger charge is -2.33. The standard InChI is InChI=1S/C27H27N3O2S/c1-17(2)18-11-13-19(14-12-18)25-21(15-28)27(30-22-9-6-10-23(31)26(22)25)33-16-24(32)29-20-7-4-3-5-8-20/h3-5,7-8,11-14,17,25,30H,6,9-10,16H2,1-2H3,(H,29,32)/t25-/m1/s1. The molecule has 2 N–H and O–H groups in total. The van der Waals surface area contributed by atoms with E-state index < -0.39 is 5.92 Å². The van der Waals surface area contributed by atoms with Gasteiger partial charge in [0.1, 0.15) is 0 Å². The number of Topliss-reactive ketones (excluding diaryl/α,β-unsaturated/α-hetero) is 1. The highest BCUT2D eigenvalue weighted by atomic mass is 32.2. The van der Waals surface area contributed by atoms with Gasteiger partial charge in [-0.2, -0.15) is 5.26 Å². The van der Waals surface area contributed by atoms with Crippen molar-refractivity contribution in [3.8, 4) is 6.07 Å². The second-order valence-electron chi connectivity index (χ2n) is 8.61. The molecule has 2 aromatic carbocycles. The Hall–Kier alpha value is -3.30. The van der Waals surface area contributed by atoms with Crippen LogP contribution in [-0.2, 0) is 9.59 Å². The van der Waals surface area contributed by atoms with E-state index in [0.29, 0.717) is 28.5 Å². The van der Waals surface area contributed by atoms with Crippen molar-refractivity contribution in [2.75, 3.05) is 11.1 Å². The van der Waals surface area contributed by atoms with E-state index in [2.05, 4.69) is 42.7 Å². The summed E-state index contributed by atoms with van der Waals surface area (Å²) in [5, 5.41) is 17.0. The van der Waals surface area contributed by atoms with Gasteiger partial charge >= 0.3 is 0 Å². The van der Waals surface area contributed by atoms with Gasteiger partial charge in [-0.15, -0.1) is 0 Å². The van der Waals surface area contributed by atoms with E-state index >= 15 is 0 Å². The molecule has 1 atom stereocenters. The van der Waals surface area contributed by atoms with E-state index in [0.717, 1.165) is 29.8 Å². The Balaban J connectivity index is 1.63. The van der Waals surface area contributed by atoms with Gasteiger partial charge in [0.25, 0.3) is 0 Å². The van der Waals surface area contributed by atoms with Crippen LogP contribution in [0, 0.1) is 11.3 Å². The second-order valence-corrected chi connectivity index (χ2v) is 9.59. The Morgan fingerprint density at radius 1 is 1.15 bits per heavy atom. The minimum atomic E-state index is -0.403. The van der Waals surface area contributed by atoms with E-state index in [-0.39, 0.29) is 17.4 Å². The second kappa shape index (κ2) is 10.1. The number of dihydropyridines is 1. The van der Waals surface area contributed by atoms with E-state index in [1.54, 1.807) is 0 Å². The van der Waals surface area contributed by atoms with Gasteiger partial charge in [0.2, 0.25) is 5.91 Å². The van der Waals surface area contributed by atoms with Crippen LogP contribution in [0.15, 0.2) is 76.5 Å². The molecular formula is C27H27N3O2S. The summed E-state index contributed by atoms with van der Waals surface area (Å²) in [6, 6.07) is 19.8. The maximum atomic E-state index is 12.9. The first-order valence-electron chi connectivity index (χ1n) is 11.2. The van der Waals surface area contributed by atoms with Crippen LogP contribution in [0.2, 0.25) is 0 Å². The largest absolute Gasteiger partial charge is 0.352 e. The fourth-order valence-electron chi connectivity index (χ4n) is 4.30. The summed E-state index contributed by atoms with van der Waals surface area (Å²) in [6.07, 6.45) is 2.06. The first-order valence-corrected chi connectivity index (χ1v) is 12.2. The van der Waals surface area contributed by atoms with Crippen molar-refractivity contribution in [2.24, 2.45) is 0 Å². The van der Waals surface area contributed by atoms with Gasteiger partial charge in [0, 0.05) is 23.4 Å². The molecule has 0 aromatic heterocycles. The summed E-state index contributed by atoms with van der Waals surface area (Å²) in [5.74, 6) is 0.117. The maximum absolute atomic E-state index is 12.9. The monoisotopic (exact) mass is 457 g/mol. The summed E-state index contributed by atoms with van der Waals surface area (Å²) in [7, 11) is 0. The fraction of sp³-hybridized carbons (Fsp3) is 0.296. The van der Waals surface area contributed by atoms with Crippen LogP contribution >= 0.6 is 11.8 Å². The predicted octanol–water partition coefficient (Wildman–Crippen LogP) is 5.61. The van der Waals surface area contributed by atoms with Crippen molar-refractivity contribution in [1.29, 1.82) is 5.26 Å². The number of carbonyl (C=O) groups excluding carboxylic acids is 2. The highest BCUT2D eigenvalue weighted by Crippen LogP contribution is 2.44. The minimum Gasteiger partial charge on any atom is -0.352 e. The highest BCUT2D eigenvalue weighted by Gasteiger charge is 2.37. The van der Waals surface area contributed by atoms with Crippen LogP contribution < -0.4 is 10.6 Å². The Bertz CT molecular complexity index is 1160. The third-order valence-corrected chi connectivity index (χ3v) is 7.02. The lowest BCUT2D eigenvalue weighted by molar-refractivity contribution is -0.116. The number of ketones is 1. The third kappa shape index (κ3) is 5.04. The molecule has 1 aliphatic heterocycles. The summed E-state index contributed by atoms with van der Waals surface area (Å²) in [6.45, 7) is 4.28. The van der Waals surface area contributed by atoms with Crippen molar-refractivity contribution >= 4 is 29.1 Å². The number of nitrogens with one attached hydrogen (secondary N) is 2. The molecule has 0 unspecified atom stereocenters. The molecule has 2 aliphatic rings. The van der Waals surface area contributed by atoms with E-state index in [4.69, 9.17) is 0 Å². The van der Waals surface area contributed by atoms with Crippen molar-refractivity contribution < 1.29 is 9.59 Å². The number of hydrogen-bond donors (Lipinski definition) is 2. The number of rotatable bonds is 6. The van der Waals surface area contributed by atoms with Gasteiger partial charge in [-0.25, -0.2) is 0 Å². The Labute approximate surface area is 199 Å². The Kier molecular flexibility index (Phi) is 7.00. The number of amides is 1. The lowest BCUT2D eigenvalue weighted by atomic mass is 9.76.